The number of Topliss-reactive ketones (excluding diaryl/α,β-unsaturated/α-hetero) is 2. The Morgan fingerprint density at radius 3 is 2.05 bits per heavy atom. The number of nitrogens with zero attached hydrogens (tertiary/aromatic N) is 2. The molecule has 0 amide bonds. The maximum atomic E-state index is 13.2. The van der Waals surface area contributed by atoms with E-state index < -0.39 is 27.1 Å². The summed E-state index contributed by atoms with van der Waals surface area (Å²) in [6.45, 7) is 0. The van der Waals surface area contributed by atoms with Gasteiger partial charge in [-0.2, -0.15) is 0 Å². The van der Waals surface area contributed by atoms with E-state index in [1.54, 1.807) is 12.1 Å². The summed E-state index contributed by atoms with van der Waals surface area (Å²) in [4.78, 5) is 47.9. The van der Waals surface area contributed by atoms with E-state index in [1.807, 2.05) is 0 Å². The zero-order valence-corrected chi connectivity index (χ0v) is 22.4. The average Bonchev–Trinajstić information content (AvgIpc) is 2.84. The molecule has 2 aliphatic carbocycles. The molecule has 0 saturated heterocycles. The Bertz CT molecular complexity index is 1420. The van der Waals surface area contributed by atoms with Crippen LogP contribution < -0.4 is 10.1 Å². The van der Waals surface area contributed by atoms with Gasteiger partial charge in [0.15, 0.2) is 11.6 Å². The van der Waals surface area contributed by atoms with Crippen LogP contribution in [0, 0.1) is 20.2 Å². The Morgan fingerprint density at radius 1 is 0.865 bits per heavy atom. The Labute approximate surface area is 227 Å². The maximum Gasteiger partial charge on any atom is 0.318 e. The Hall–Kier alpha value is -3.38. The number of allylic oxidation sites excluding steroid dienone is 4. The van der Waals surface area contributed by atoms with E-state index in [1.165, 1.54) is 6.07 Å². The Kier molecular flexibility index (Phi) is 6.71. The molecule has 1 heterocycles. The van der Waals surface area contributed by atoms with E-state index in [0.29, 0.717) is 64.2 Å². The van der Waals surface area contributed by atoms with Crippen molar-refractivity contribution in [3.63, 3.8) is 0 Å². The lowest BCUT2D eigenvalue weighted by atomic mass is 9.71. The molecule has 190 valence electrons. The topological polar surface area (TPSA) is 142 Å². The summed E-state index contributed by atoms with van der Waals surface area (Å²) in [7, 11) is 0. The van der Waals surface area contributed by atoms with Crippen LogP contribution in [-0.2, 0) is 9.59 Å². The summed E-state index contributed by atoms with van der Waals surface area (Å²) >= 11 is 6.96. The molecule has 10 nitrogen and oxygen atoms in total. The van der Waals surface area contributed by atoms with Crippen LogP contribution in [0.2, 0.25) is 0 Å². The van der Waals surface area contributed by atoms with E-state index in [9.17, 15) is 29.8 Å². The number of halogens is 2. The lowest BCUT2D eigenvalue weighted by Crippen LogP contribution is -2.36. The third kappa shape index (κ3) is 4.59. The van der Waals surface area contributed by atoms with E-state index in [-0.39, 0.29) is 23.1 Å². The van der Waals surface area contributed by atoms with E-state index in [4.69, 9.17) is 4.74 Å². The molecule has 12 heteroatoms. The predicted octanol–water partition coefficient (Wildman–Crippen LogP) is 6.52. The highest BCUT2D eigenvalue weighted by molar-refractivity contribution is 9.11. The molecule has 0 bridgehead atoms. The first-order valence-electron chi connectivity index (χ1n) is 11.5. The largest absolute Gasteiger partial charge is 0.449 e. The third-order valence-electron chi connectivity index (χ3n) is 6.70. The molecule has 37 heavy (non-hydrogen) atoms. The summed E-state index contributed by atoms with van der Waals surface area (Å²) in [6.07, 6.45) is 3.45. The van der Waals surface area contributed by atoms with Crippen LogP contribution in [0.15, 0.2) is 61.8 Å². The predicted molar refractivity (Wildman–Crippen MR) is 139 cm³/mol. The van der Waals surface area contributed by atoms with Crippen LogP contribution in [0.3, 0.4) is 0 Å². The number of carbonyl (C=O) groups is 2. The van der Waals surface area contributed by atoms with Crippen molar-refractivity contribution in [2.75, 3.05) is 0 Å². The highest BCUT2D eigenvalue weighted by Gasteiger charge is 2.42. The number of nitrogens with one attached hydrogen (secondary N) is 1. The van der Waals surface area contributed by atoms with Gasteiger partial charge in [0, 0.05) is 57.4 Å². The number of benzene rings is 2. The molecule has 0 unspecified atom stereocenters. The fraction of sp³-hybridized carbons (Fsp3) is 0.280. The molecular weight excluding hydrogens is 614 g/mol. The van der Waals surface area contributed by atoms with Gasteiger partial charge < -0.3 is 10.1 Å². The number of ether oxygens (including phenoxy) is 1. The molecule has 2 aromatic rings. The zero-order valence-electron chi connectivity index (χ0n) is 19.2. The van der Waals surface area contributed by atoms with Gasteiger partial charge >= 0.3 is 5.69 Å². The highest BCUT2D eigenvalue weighted by Crippen LogP contribution is 2.51. The first-order valence-corrected chi connectivity index (χ1v) is 13.1. The molecule has 1 N–H and O–H groups in total. The van der Waals surface area contributed by atoms with Crippen LogP contribution >= 0.6 is 31.9 Å². The van der Waals surface area contributed by atoms with Gasteiger partial charge in [0.25, 0.3) is 5.69 Å². The molecule has 5 rings (SSSR count). The summed E-state index contributed by atoms with van der Waals surface area (Å²) in [5.41, 5.74) is 2.05. The monoisotopic (exact) mass is 631 g/mol. The van der Waals surface area contributed by atoms with Crippen molar-refractivity contribution in [2.45, 2.75) is 44.4 Å². The smallest absolute Gasteiger partial charge is 0.318 e. The van der Waals surface area contributed by atoms with Crippen LogP contribution in [0.1, 0.15) is 50.0 Å². The van der Waals surface area contributed by atoms with Crippen molar-refractivity contribution in [1.29, 1.82) is 0 Å². The summed E-state index contributed by atoms with van der Waals surface area (Å²) < 4.78 is 7.16. The molecule has 2 aromatic carbocycles. The van der Waals surface area contributed by atoms with Crippen molar-refractivity contribution in [1.82, 2.24) is 5.32 Å². The number of nitro groups is 2. The summed E-state index contributed by atoms with van der Waals surface area (Å²) in [5.74, 6) is -0.864. The standard InChI is InChI=1S/C25H19Br2N3O7/c26-12-9-14(22-23-16(3-1-5-19(23)31)28-17-4-2-6-20(32)24(17)22)25(15(27)10-12)37-21-8-7-13(29(33)34)11-18(21)30(35)36/h7-11,22,28H,1-6H2. The van der Waals surface area contributed by atoms with Gasteiger partial charge in [-0.1, -0.05) is 15.9 Å². The Morgan fingerprint density at radius 2 is 1.49 bits per heavy atom. The minimum Gasteiger partial charge on any atom is -0.449 e. The molecule has 3 aliphatic rings. The third-order valence-corrected chi connectivity index (χ3v) is 7.75. The van der Waals surface area contributed by atoms with Crippen LogP contribution in [-0.4, -0.2) is 21.4 Å². The molecule has 0 aromatic heterocycles. The van der Waals surface area contributed by atoms with Crippen molar-refractivity contribution < 1.29 is 24.2 Å². The van der Waals surface area contributed by atoms with Crippen molar-refractivity contribution in [3.8, 4) is 11.5 Å². The number of hydrogen-bond donors (Lipinski definition) is 1. The first-order chi connectivity index (χ1) is 17.7. The number of carbonyl (C=O) groups excluding carboxylic acids is 2. The number of ketones is 2. The van der Waals surface area contributed by atoms with Crippen molar-refractivity contribution >= 4 is 54.8 Å². The van der Waals surface area contributed by atoms with E-state index in [2.05, 4.69) is 37.2 Å². The van der Waals surface area contributed by atoms with Gasteiger partial charge in [-0.3, -0.25) is 29.8 Å². The molecule has 0 saturated carbocycles. The molecule has 1 aliphatic heterocycles. The Balaban J connectivity index is 1.72. The minimum atomic E-state index is -0.754. The van der Waals surface area contributed by atoms with Gasteiger partial charge in [-0.25, -0.2) is 0 Å². The normalized spacial score (nSPS) is 17.8. The second kappa shape index (κ2) is 9.82. The molecule has 0 radical (unpaired) electrons. The average molecular weight is 633 g/mol. The van der Waals surface area contributed by atoms with Gasteiger partial charge in [-0.05, 0) is 59.8 Å². The zero-order chi connectivity index (χ0) is 26.4. The van der Waals surface area contributed by atoms with E-state index >= 15 is 0 Å². The number of hydrogen-bond acceptors (Lipinski definition) is 8. The van der Waals surface area contributed by atoms with Gasteiger partial charge in [0.2, 0.25) is 5.75 Å². The fourth-order valence-corrected chi connectivity index (χ4v) is 6.49. The second-order valence-corrected chi connectivity index (χ2v) is 10.7. The number of nitro benzene ring substituents is 2. The maximum absolute atomic E-state index is 13.2. The molecule has 0 atom stereocenters. The van der Waals surface area contributed by atoms with Crippen LogP contribution in [0.4, 0.5) is 11.4 Å². The number of dihydropyridines is 1. The van der Waals surface area contributed by atoms with Gasteiger partial charge in [-0.15, -0.1) is 0 Å². The van der Waals surface area contributed by atoms with Crippen molar-refractivity contribution in [3.05, 3.63) is 87.6 Å². The number of non-ortho nitro benzene ring substituents is 1. The van der Waals surface area contributed by atoms with Crippen LogP contribution in [0.5, 0.6) is 11.5 Å². The summed E-state index contributed by atoms with van der Waals surface area (Å²) in [6, 6.07) is 6.56. The van der Waals surface area contributed by atoms with Crippen molar-refractivity contribution in [2.24, 2.45) is 0 Å². The lowest BCUT2D eigenvalue weighted by Gasteiger charge is -2.37. The van der Waals surface area contributed by atoms with Gasteiger partial charge in [0.05, 0.1) is 20.4 Å². The fourth-order valence-electron chi connectivity index (χ4n) is 5.15. The summed E-state index contributed by atoms with van der Waals surface area (Å²) in [5, 5.41) is 26.3. The second-order valence-electron chi connectivity index (χ2n) is 8.97. The quantitative estimate of drug-likeness (QED) is 0.290. The minimum absolute atomic E-state index is 0.0629. The van der Waals surface area contributed by atoms with Gasteiger partial charge in [0.1, 0.15) is 5.75 Å². The number of rotatable bonds is 5. The van der Waals surface area contributed by atoms with Crippen LogP contribution in [0.25, 0.3) is 0 Å². The lowest BCUT2D eigenvalue weighted by molar-refractivity contribution is -0.394. The van der Waals surface area contributed by atoms with E-state index in [0.717, 1.165) is 23.5 Å². The molecule has 0 spiro atoms. The highest BCUT2D eigenvalue weighted by atomic mass is 79.9. The molecule has 0 fully saturated rings. The first kappa shape index (κ1) is 25.3. The molecular formula is C25H19Br2N3O7. The SMILES string of the molecule is O=C1CCCC2=C1C(c1cc(Br)cc(Br)c1Oc1ccc([N+](=O)[O-])cc1[N+](=O)[O-])C1=C(CCCC1=O)N2.